The quantitative estimate of drug-likeness (QED) is 0.714. The van der Waals surface area contributed by atoms with Gasteiger partial charge in [-0.15, -0.1) is 0 Å². The van der Waals surface area contributed by atoms with Crippen molar-refractivity contribution in [3.8, 4) is 0 Å². The van der Waals surface area contributed by atoms with Gasteiger partial charge in [0.25, 0.3) is 0 Å². The van der Waals surface area contributed by atoms with Gasteiger partial charge in [-0.25, -0.2) is 13.4 Å². The summed E-state index contributed by atoms with van der Waals surface area (Å²) in [5.41, 5.74) is 0. The zero-order chi connectivity index (χ0) is 18.0. The van der Waals surface area contributed by atoms with E-state index in [0.29, 0.717) is 45.3 Å². The van der Waals surface area contributed by atoms with Crippen LogP contribution >= 0.6 is 0 Å². The van der Waals surface area contributed by atoms with Crippen molar-refractivity contribution in [3.63, 3.8) is 0 Å². The van der Waals surface area contributed by atoms with Crippen molar-refractivity contribution in [1.29, 1.82) is 0 Å². The van der Waals surface area contributed by atoms with Gasteiger partial charge in [-0.2, -0.15) is 9.29 Å². The maximum absolute atomic E-state index is 12.5. The molecular weight excluding hydrogens is 360 g/mol. The van der Waals surface area contributed by atoms with Crippen molar-refractivity contribution in [3.05, 3.63) is 24.7 Å². The molecule has 0 aliphatic carbocycles. The van der Waals surface area contributed by atoms with Crippen molar-refractivity contribution in [2.45, 2.75) is 4.90 Å². The number of nitrogens with zero attached hydrogens (tertiary/aromatic N) is 6. The van der Waals surface area contributed by atoms with E-state index in [1.807, 2.05) is 6.07 Å². The van der Waals surface area contributed by atoms with E-state index in [1.165, 1.54) is 10.5 Å². The molecule has 140 valence electrons. The maximum atomic E-state index is 12.5. The Morgan fingerprint density at radius 2 is 1.77 bits per heavy atom. The second-order valence-corrected chi connectivity index (χ2v) is 8.00. The number of sulfonamides is 1. The maximum Gasteiger partial charge on any atom is 0.248 e. The summed E-state index contributed by atoms with van der Waals surface area (Å²) in [6.07, 6.45) is 4.12. The molecule has 0 aromatic carbocycles. The van der Waals surface area contributed by atoms with Crippen molar-refractivity contribution in [1.82, 2.24) is 19.4 Å². The Bertz CT molecular complexity index is 830. The molecule has 0 spiro atoms. The summed E-state index contributed by atoms with van der Waals surface area (Å²) < 4.78 is 36.5. The monoisotopic (exact) mass is 380 g/mol. The number of anilines is 2. The first-order chi connectivity index (χ1) is 12.6. The Labute approximate surface area is 151 Å². The van der Waals surface area contributed by atoms with Crippen LogP contribution in [0.1, 0.15) is 0 Å². The number of hydrogen-bond acceptors (Lipinski definition) is 9. The fourth-order valence-electron chi connectivity index (χ4n) is 3.06. The van der Waals surface area contributed by atoms with Crippen molar-refractivity contribution in [2.24, 2.45) is 0 Å². The minimum absolute atomic E-state index is 0.0857. The van der Waals surface area contributed by atoms with Crippen molar-refractivity contribution in [2.75, 3.05) is 62.3 Å². The lowest BCUT2D eigenvalue weighted by Gasteiger charge is -2.35. The Hall–Kier alpha value is -2.24. The first-order valence-corrected chi connectivity index (χ1v) is 9.89. The molecular formula is C15H20N6O4S. The summed E-state index contributed by atoms with van der Waals surface area (Å²) >= 11 is 0. The highest BCUT2D eigenvalue weighted by molar-refractivity contribution is 7.89. The summed E-state index contributed by atoms with van der Waals surface area (Å²) in [6, 6.07) is 1.86. The standard InChI is InChI=1S/C15H20N6O4S/c22-26(23,13-11-17-25-12-13)21-5-3-19(4-6-21)14-1-2-16-15(18-14)20-7-9-24-10-8-20/h1-2,11-12H,3-10H2. The number of hydrogen-bond donors (Lipinski definition) is 0. The van der Waals surface area contributed by atoms with Gasteiger partial charge in [-0.1, -0.05) is 5.16 Å². The van der Waals surface area contributed by atoms with Crippen LogP contribution in [0, 0.1) is 0 Å². The zero-order valence-electron chi connectivity index (χ0n) is 14.2. The average molecular weight is 380 g/mol. The minimum Gasteiger partial charge on any atom is -0.378 e. The van der Waals surface area contributed by atoms with Crippen LogP contribution in [0.4, 0.5) is 11.8 Å². The first-order valence-electron chi connectivity index (χ1n) is 8.45. The van der Waals surface area contributed by atoms with Gasteiger partial charge in [0.05, 0.1) is 19.4 Å². The molecule has 0 unspecified atom stereocenters. The van der Waals surface area contributed by atoms with Crippen LogP contribution in [-0.4, -0.2) is 80.3 Å². The Balaban J connectivity index is 1.43. The smallest absolute Gasteiger partial charge is 0.248 e. The van der Waals surface area contributed by atoms with E-state index in [0.717, 1.165) is 25.2 Å². The molecule has 0 amide bonds. The molecule has 2 fully saturated rings. The lowest BCUT2D eigenvalue weighted by molar-refractivity contribution is 0.122. The molecule has 2 saturated heterocycles. The van der Waals surface area contributed by atoms with E-state index in [9.17, 15) is 8.42 Å². The topological polar surface area (TPSA) is 105 Å². The Kier molecular flexibility index (Phi) is 4.74. The van der Waals surface area contributed by atoms with Gasteiger partial charge in [0.15, 0.2) is 0 Å². The summed E-state index contributed by atoms with van der Waals surface area (Å²) in [5.74, 6) is 1.49. The van der Waals surface area contributed by atoms with E-state index in [1.54, 1.807) is 6.20 Å². The van der Waals surface area contributed by atoms with Gasteiger partial charge >= 0.3 is 0 Å². The predicted molar refractivity (Wildman–Crippen MR) is 92.5 cm³/mol. The number of morpholine rings is 1. The zero-order valence-corrected chi connectivity index (χ0v) is 15.0. The molecule has 10 nitrogen and oxygen atoms in total. The third kappa shape index (κ3) is 3.37. The second-order valence-electron chi connectivity index (χ2n) is 6.07. The summed E-state index contributed by atoms with van der Waals surface area (Å²) in [6.45, 7) is 4.77. The fraction of sp³-hybridized carbons (Fsp3) is 0.533. The minimum atomic E-state index is -3.55. The summed E-state index contributed by atoms with van der Waals surface area (Å²) in [4.78, 5) is 13.3. The van der Waals surface area contributed by atoms with Gasteiger partial charge < -0.3 is 19.1 Å². The van der Waals surface area contributed by atoms with Gasteiger partial charge in [-0.3, -0.25) is 0 Å². The highest BCUT2D eigenvalue weighted by Gasteiger charge is 2.30. The highest BCUT2D eigenvalue weighted by Crippen LogP contribution is 2.21. The van der Waals surface area contributed by atoms with Crippen LogP contribution in [0.5, 0.6) is 0 Å². The molecule has 0 atom stereocenters. The van der Waals surface area contributed by atoms with Crippen LogP contribution in [0.3, 0.4) is 0 Å². The molecule has 11 heteroatoms. The van der Waals surface area contributed by atoms with Gasteiger partial charge in [0.1, 0.15) is 17.0 Å². The van der Waals surface area contributed by atoms with E-state index in [2.05, 4.69) is 29.4 Å². The Morgan fingerprint density at radius 1 is 1.00 bits per heavy atom. The normalized spacial score (nSPS) is 19.7. The second kappa shape index (κ2) is 7.17. The van der Waals surface area contributed by atoms with Crippen LogP contribution in [0.2, 0.25) is 0 Å². The third-order valence-electron chi connectivity index (χ3n) is 4.53. The molecule has 0 radical (unpaired) electrons. The number of piperazine rings is 1. The van der Waals surface area contributed by atoms with Gasteiger partial charge in [-0.05, 0) is 6.07 Å². The largest absolute Gasteiger partial charge is 0.378 e. The molecule has 2 aromatic rings. The highest BCUT2D eigenvalue weighted by atomic mass is 32.2. The molecule has 0 bridgehead atoms. The van der Waals surface area contributed by atoms with Crippen LogP contribution in [0.15, 0.2) is 34.1 Å². The summed E-state index contributed by atoms with van der Waals surface area (Å²) in [7, 11) is -3.55. The number of aromatic nitrogens is 3. The van der Waals surface area contributed by atoms with Crippen LogP contribution in [0.25, 0.3) is 0 Å². The van der Waals surface area contributed by atoms with Crippen LogP contribution in [-0.2, 0) is 14.8 Å². The van der Waals surface area contributed by atoms with E-state index >= 15 is 0 Å². The van der Waals surface area contributed by atoms with Gasteiger partial charge in [0.2, 0.25) is 16.0 Å². The van der Waals surface area contributed by atoms with Crippen LogP contribution < -0.4 is 9.80 Å². The number of ether oxygens (including phenoxy) is 1. The van der Waals surface area contributed by atoms with E-state index in [-0.39, 0.29) is 4.90 Å². The molecule has 2 aromatic heterocycles. The van der Waals surface area contributed by atoms with E-state index < -0.39 is 10.0 Å². The average Bonchev–Trinajstić information content (AvgIpc) is 3.25. The molecule has 0 saturated carbocycles. The predicted octanol–water partition coefficient (Wildman–Crippen LogP) is -0.188. The van der Waals surface area contributed by atoms with E-state index in [4.69, 9.17) is 4.74 Å². The number of rotatable bonds is 4. The van der Waals surface area contributed by atoms with Crippen molar-refractivity contribution < 1.29 is 17.7 Å². The Morgan fingerprint density at radius 3 is 2.46 bits per heavy atom. The first kappa shape index (κ1) is 17.2. The summed E-state index contributed by atoms with van der Waals surface area (Å²) in [5, 5.41) is 3.48. The molecule has 4 rings (SSSR count). The van der Waals surface area contributed by atoms with Gasteiger partial charge in [0, 0.05) is 45.5 Å². The lowest BCUT2D eigenvalue weighted by Crippen LogP contribution is -2.49. The molecule has 2 aliphatic rings. The van der Waals surface area contributed by atoms with Crippen molar-refractivity contribution >= 4 is 21.8 Å². The third-order valence-corrected chi connectivity index (χ3v) is 6.37. The lowest BCUT2D eigenvalue weighted by atomic mass is 10.3. The molecule has 4 heterocycles. The molecule has 26 heavy (non-hydrogen) atoms. The molecule has 2 aliphatic heterocycles. The SMILES string of the molecule is O=S(=O)(c1cnoc1)N1CCN(c2ccnc(N3CCOCC3)n2)CC1. The fourth-order valence-corrected chi connectivity index (χ4v) is 4.34. The molecule has 0 N–H and O–H groups in total.